The van der Waals surface area contributed by atoms with Crippen molar-refractivity contribution < 1.29 is 19.4 Å². The van der Waals surface area contributed by atoms with E-state index in [0.29, 0.717) is 24.2 Å². The summed E-state index contributed by atoms with van der Waals surface area (Å²) in [6.45, 7) is 0.248. The minimum absolute atomic E-state index is 0.00181. The smallest absolute Gasteiger partial charge is 0.310 e. The molecule has 162 valence electrons. The third kappa shape index (κ3) is 3.75. The van der Waals surface area contributed by atoms with Gasteiger partial charge in [0, 0.05) is 11.8 Å². The summed E-state index contributed by atoms with van der Waals surface area (Å²) in [4.78, 5) is 30.0. The number of hydrogen-bond donors (Lipinski definition) is 1. The summed E-state index contributed by atoms with van der Waals surface area (Å²) in [6, 6.07) is 19.4. The Labute approximate surface area is 189 Å². The number of ether oxygens (including phenoxy) is 1. The van der Waals surface area contributed by atoms with E-state index < -0.39 is 11.4 Å². The number of carbonyl (C=O) groups is 2. The van der Waals surface area contributed by atoms with E-state index in [4.69, 9.17) is 4.74 Å². The van der Waals surface area contributed by atoms with Crippen molar-refractivity contribution in [3.8, 4) is 5.75 Å². The molecule has 1 N–H and O–H groups in total. The third-order valence-corrected chi connectivity index (χ3v) is 7.38. The van der Waals surface area contributed by atoms with Crippen LogP contribution in [-0.4, -0.2) is 21.8 Å². The van der Waals surface area contributed by atoms with Crippen LogP contribution in [-0.2, 0) is 11.4 Å². The maximum absolute atomic E-state index is 13.4. The zero-order valence-corrected chi connectivity index (χ0v) is 18.4. The fourth-order valence-corrected chi connectivity index (χ4v) is 5.53. The Morgan fingerprint density at radius 3 is 2.53 bits per heavy atom. The number of carbonyl (C=O) groups excluding carboxylic acids is 1. The summed E-state index contributed by atoms with van der Waals surface area (Å²) in [7, 11) is 0. The molecule has 5 rings (SSSR count). The van der Waals surface area contributed by atoms with E-state index in [2.05, 4.69) is 4.98 Å². The first kappa shape index (κ1) is 20.6. The van der Waals surface area contributed by atoms with Crippen molar-refractivity contribution in [2.75, 3.05) is 0 Å². The van der Waals surface area contributed by atoms with Crippen LogP contribution < -0.4 is 4.74 Å². The van der Waals surface area contributed by atoms with E-state index in [1.165, 1.54) is 0 Å². The molecule has 1 saturated carbocycles. The molecule has 3 aromatic carbocycles. The summed E-state index contributed by atoms with van der Waals surface area (Å²) in [5, 5.41) is 12.5. The van der Waals surface area contributed by atoms with Gasteiger partial charge in [-0.3, -0.25) is 9.59 Å². The van der Waals surface area contributed by atoms with Gasteiger partial charge >= 0.3 is 5.97 Å². The maximum Gasteiger partial charge on any atom is 0.310 e. The lowest BCUT2D eigenvalue weighted by Gasteiger charge is -2.23. The van der Waals surface area contributed by atoms with Crippen molar-refractivity contribution in [3.63, 3.8) is 0 Å². The summed E-state index contributed by atoms with van der Waals surface area (Å²) >= 11 is 1.57. The lowest BCUT2D eigenvalue weighted by atomic mass is 9.79. The second-order valence-corrected chi connectivity index (χ2v) is 9.54. The number of carboxylic acids is 1. The molecule has 0 aliphatic heterocycles. The molecule has 0 bridgehead atoms. The predicted molar refractivity (Wildman–Crippen MR) is 125 cm³/mol. The Kier molecular flexibility index (Phi) is 5.39. The zero-order chi connectivity index (χ0) is 22.1. The van der Waals surface area contributed by atoms with Gasteiger partial charge in [-0.15, -0.1) is 11.3 Å². The second-order valence-electron chi connectivity index (χ2n) is 8.42. The Morgan fingerprint density at radius 1 is 1.00 bits per heavy atom. The number of ketones is 1. The molecule has 1 aliphatic rings. The Morgan fingerprint density at radius 2 is 1.75 bits per heavy atom. The molecule has 0 spiro atoms. The molecule has 0 atom stereocenters. The average Bonchev–Trinajstić information content (AvgIpc) is 3.44. The molecule has 0 radical (unpaired) electrons. The van der Waals surface area contributed by atoms with Crippen LogP contribution in [0.15, 0.2) is 60.7 Å². The standard InChI is InChI=1S/C26H23NO4S/c28-21(15-26(25(29)30)13-5-6-14-26)19-12-11-17-7-1-2-8-18(17)24(19)31-16-23-27-20-9-3-4-10-22(20)32-23/h1-4,7-12H,5-6,13-16H2,(H,29,30). The van der Waals surface area contributed by atoms with Gasteiger partial charge < -0.3 is 9.84 Å². The van der Waals surface area contributed by atoms with Crippen molar-refractivity contribution in [1.29, 1.82) is 0 Å². The van der Waals surface area contributed by atoms with Crippen molar-refractivity contribution in [2.24, 2.45) is 5.41 Å². The fourth-order valence-electron chi connectivity index (χ4n) is 4.65. The first-order valence-electron chi connectivity index (χ1n) is 10.8. The van der Waals surface area contributed by atoms with Gasteiger partial charge in [-0.25, -0.2) is 4.98 Å². The highest BCUT2D eigenvalue weighted by Crippen LogP contribution is 2.43. The lowest BCUT2D eigenvalue weighted by molar-refractivity contribution is -0.148. The van der Waals surface area contributed by atoms with E-state index in [1.807, 2.05) is 54.6 Å². The van der Waals surface area contributed by atoms with Gasteiger partial charge in [0.15, 0.2) is 5.78 Å². The van der Waals surface area contributed by atoms with Gasteiger partial charge in [0.05, 0.1) is 21.2 Å². The van der Waals surface area contributed by atoms with Crippen LogP contribution in [0.4, 0.5) is 0 Å². The molecule has 4 aromatic rings. The van der Waals surface area contributed by atoms with E-state index >= 15 is 0 Å². The van der Waals surface area contributed by atoms with Crippen molar-refractivity contribution in [3.05, 3.63) is 71.2 Å². The highest BCUT2D eigenvalue weighted by Gasteiger charge is 2.43. The molecular weight excluding hydrogens is 422 g/mol. The number of aromatic nitrogens is 1. The quantitative estimate of drug-likeness (QED) is 0.340. The van der Waals surface area contributed by atoms with Crippen LogP contribution in [0.25, 0.3) is 21.0 Å². The van der Waals surface area contributed by atoms with Crippen LogP contribution in [0.2, 0.25) is 0 Å². The van der Waals surface area contributed by atoms with Crippen LogP contribution >= 0.6 is 11.3 Å². The van der Waals surface area contributed by atoms with Crippen molar-refractivity contribution in [1.82, 2.24) is 4.98 Å². The number of hydrogen-bond acceptors (Lipinski definition) is 5. The fraction of sp³-hybridized carbons (Fsp3) is 0.269. The maximum atomic E-state index is 13.4. The highest BCUT2D eigenvalue weighted by atomic mass is 32.1. The summed E-state index contributed by atoms with van der Waals surface area (Å²) in [5.41, 5.74) is 0.403. The molecule has 1 fully saturated rings. The Bertz CT molecular complexity index is 1290. The van der Waals surface area contributed by atoms with Gasteiger partial charge in [0.1, 0.15) is 17.4 Å². The number of Topliss-reactive ketones (excluding diaryl/α,β-unsaturated/α-hetero) is 1. The monoisotopic (exact) mass is 445 g/mol. The first-order valence-corrected chi connectivity index (χ1v) is 11.6. The number of benzene rings is 3. The molecule has 0 amide bonds. The van der Waals surface area contributed by atoms with Gasteiger partial charge in [0.25, 0.3) is 0 Å². The first-order chi connectivity index (χ1) is 15.6. The Hall–Kier alpha value is -3.25. The molecule has 6 heteroatoms. The largest absolute Gasteiger partial charge is 0.485 e. The van der Waals surface area contributed by atoms with Gasteiger partial charge in [-0.05, 0) is 36.4 Å². The number of para-hydroxylation sites is 1. The van der Waals surface area contributed by atoms with Gasteiger partial charge in [0.2, 0.25) is 0 Å². The number of carboxylic acid groups (broad SMARTS) is 1. The van der Waals surface area contributed by atoms with E-state index in [1.54, 1.807) is 17.4 Å². The molecule has 32 heavy (non-hydrogen) atoms. The van der Waals surface area contributed by atoms with Gasteiger partial charge in [-0.1, -0.05) is 55.3 Å². The topological polar surface area (TPSA) is 76.5 Å². The van der Waals surface area contributed by atoms with Crippen LogP contribution in [0.1, 0.15) is 47.5 Å². The van der Waals surface area contributed by atoms with E-state index in [-0.39, 0.29) is 18.8 Å². The van der Waals surface area contributed by atoms with E-state index in [9.17, 15) is 14.7 Å². The summed E-state index contributed by atoms with van der Waals surface area (Å²) < 4.78 is 7.31. The molecule has 0 unspecified atom stereocenters. The molecule has 1 aliphatic carbocycles. The Balaban J connectivity index is 1.49. The third-order valence-electron chi connectivity index (χ3n) is 6.37. The van der Waals surface area contributed by atoms with Crippen LogP contribution in [0, 0.1) is 5.41 Å². The second kappa shape index (κ2) is 8.36. The molecular formula is C26H23NO4S. The molecule has 1 aromatic heterocycles. The van der Waals surface area contributed by atoms with Gasteiger partial charge in [-0.2, -0.15) is 0 Å². The average molecular weight is 446 g/mol. The number of fused-ring (bicyclic) bond motifs is 2. The molecule has 1 heterocycles. The van der Waals surface area contributed by atoms with Crippen LogP contribution in [0.3, 0.4) is 0 Å². The summed E-state index contributed by atoms with van der Waals surface area (Å²) in [6.07, 6.45) is 2.78. The SMILES string of the molecule is O=C(CC1(C(=O)O)CCCC1)c1ccc2ccccc2c1OCc1nc2ccccc2s1. The zero-order valence-electron chi connectivity index (χ0n) is 17.5. The summed E-state index contributed by atoms with van der Waals surface area (Å²) in [5.74, 6) is -0.550. The highest BCUT2D eigenvalue weighted by molar-refractivity contribution is 7.18. The van der Waals surface area contributed by atoms with Crippen molar-refractivity contribution >= 4 is 44.1 Å². The van der Waals surface area contributed by atoms with E-state index in [0.717, 1.165) is 38.8 Å². The molecule has 5 nitrogen and oxygen atoms in total. The minimum atomic E-state index is -0.965. The molecule has 0 saturated heterocycles. The number of aliphatic carboxylic acids is 1. The lowest BCUT2D eigenvalue weighted by Crippen LogP contribution is -2.30. The number of rotatable bonds is 7. The number of thiazole rings is 1. The predicted octanol–water partition coefficient (Wildman–Crippen LogP) is 6.25. The minimum Gasteiger partial charge on any atom is -0.485 e. The normalized spacial score (nSPS) is 15.2. The number of nitrogens with zero attached hydrogens (tertiary/aromatic N) is 1. The van der Waals surface area contributed by atoms with Crippen LogP contribution in [0.5, 0.6) is 5.75 Å². The van der Waals surface area contributed by atoms with Crippen molar-refractivity contribution in [2.45, 2.75) is 38.7 Å².